The lowest BCUT2D eigenvalue weighted by molar-refractivity contribution is 0.866. The van der Waals surface area contributed by atoms with Gasteiger partial charge in [0.15, 0.2) is 0 Å². The van der Waals surface area contributed by atoms with Crippen molar-refractivity contribution in [3.8, 4) is 0 Å². The van der Waals surface area contributed by atoms with Gasteiger partial charge < -0.3 is 0 Å². The molecule has 0 bridgehead atoms. The van der Waals surface area contributed by atoms with Gasteiger partial charge in [-0.15, -0.1) is 0 Å². The van der Waals surface area contributed by atoms with Crippen LogP contribution in [0.5, 0.6) is 0 Å². The van der Waals surface area contributed by atoms with E-state index in [1.54, 1.807) is 18.6 Å². The molecule has 1 aromatic heterocycles. The maximum absolute atomic E-state index is 4.19. The minimum absolute atomic E-state index is 0.577. The lowest BCUT2D eigenvalue weighted by Gasteiger charge is -2.04. The molecule has 2 nitrogen and oxygen atoms in total. The predicted octanol–water partition coefficient (Wildman–Crippen LogP) is 3.77. The van der Waals surface area contributed by atoms with E-state index in [0.717, 1.165) is 5.69 Å². The fraction of sp³-hybridized carbons (Fsp3) is 0.200. The number of hydrogen-bond donors (Lipinski definition) is 0. The molecule has 2 aromatic rings. The molecule has 0 amide bonds. The first-order valence-electron chi connectivity index (χ1n) is 5.80. The molecule has 2 heteroatoms. The van der Waals surface area contributed by atoms with Crippen molar-refractivity contribution >= 4 is 12.2 Å². The van der Waals surface area contributed by atoms with Crippen molar-refractivity contribution < 1.29 is 0 Å². The van der Waals surface area contributed by atoms with Gasteiger partial charge in [-0.2, -0.15) is 0 Å². The Morgan fingerprint density at radius 3 is 2.35 bits per heavy atom. The molecule has 1 aromatic carbocycles. The molecule has 0 radical (unpaired) electrons. The highest BCUT2D eigenvalue weighted by molar-refractivity contribution is 5.67. The molecular formula is C15H16N2. The van der Waals surface area contributed by atoms with E-state index in [9.17, 15) is 0 Å². The van der Waals surface area contributed by atoms with Gasteiger partial charge in [-0.25, -0.2) is 0 Å². The summed E-state index contributed by atoms with van der Waals surface area (Å²) in [6.07, 6.45) is 9.14. The standard InChI is InChI=1S/C15H16N2/c1-12(2)14-6-3-13(4-7-14)5-8-15-11-16-9-10-17-15/h3-12H,1-2H3/b8-5+. The number of nitrogens with zero attached hydrogens (tertiary/aromatic N) is 2. The highest BCUT2D eigenvalue weighted by Gasteiger charge is 1.97. The van der Waals surface area contributed by atoms with E-state index in [1.807, 2.05) is 12.2 Å². The molecule has 17 heavy (non-hydrogen) atoms. The zero-order valence-corrected chi connectivity index (χ0v) is 10.2. The lowest BCUT2D eigenvalue weighted by atomic mass is 10.0. The topological polar surface area (TPSA) is 25.8 Å². The molecule has 0 N–H and O–H groups in total. The van der Waals surface area contributed by atoms with Gasteiger partial charge in [0.25, 0.3) is 0 Å². The summed E-state index contributed by atoms with van der Waals surface area (Å²) in [6.45, 7) is 4.40. The Bertz CT molecular complexity index is 484. The van der Waals surface area contributed by atoms with Crippen molar-refractivity contribution in [2.24, 2.45) is 0 Å². The molecule has 86 valence electrons. The molecule has 0 aliphatic carbocycles. The Hall–Kier alpha value is -1.96. The molecule has 0 aliphatic heterocycles. The minimum Gasteiger partial charge on any atom is -0.261 e. The molecular weight excluding hydrogens is 208 g/mol. The van der Waals surface area contributed by atoms with E-state index in [-0.39, 0.29) is 0 Å². The molecule has 0 aliphatic rings. The summed E-state index contributed by atoms with van der Waals surface area (Å²) in [6, 6.07) is 8.59. The summed E-state index contributed by atoms with van der Waals surface area (Å²) in [5.41, 5.74) is 3.42. The molecule has 0 saturated heterocycles. The summed E-state index contributed by atoms with van der Waals surface area (Å²) in [4.78, 5) is 8.21. The molecule has 0 spiro atoms. The van der Waals surface area contributed by atoms with E-state index < -0.39 is 0 Å². The third kappa shape index (κ3) is 3.25. The Morgan fingerprint density at radius 1 is 1.00 bits per heavy atom. The Morgan fingerprint density at radius 2 is 1.76 bits per heavy atom. The largest absolute Gasteiger partial charge is 0.261 e. The van der Waals surface area contributed by atoms with Gasteiger partial charge in [-0.05, 0) is 23.1 Å². The first-order chi connectivity index (χ1) is 8.25. The third-order valence-corrected chi connectivity index (χ3v) is 2.63. The van der Waals surface area contributed by atoms with Gasteiger partial charge in [0, 0.05) is 12.4 Å². The third-order valence-electron chi connectivity index (χ3n) is 2.63. The Kier molecular flexibility index (Phi) is 3.66. The van der Waals surface area contributed by atoms with Crippen molar-refractivity contribution in [1.82, 2.24) is 9.97 Å². The fourth-order valence-corrected chi connectivity index (χ4v) is 1.57. The van der Waals surface area contributed by atoms with Crippen molar-refractivity contribution in [2.75, 3.05) is 0 Å². The van der Waals surface area contributed by atoms with Crippen LogP contribution in [-0.4, -0.2) is 9.97 Å². The highest BCUT2D eigenvalue weighted by atomic mass is 14.7. The van der Waals surface area contributed by atoms with Crippen molar-refractivity contribution in [1.29, 1.82) is 0 Å². The molecule has 0 unspecified atom stereocenters. The summed E-state index contributed by atoms with van der Waals surface area (Å²) in [7, 11) is 0. The van der Waals surface area contributed by atoms with Crippen molar-refractivity contribution in [3.63, 3.8) is 0 Å². The van der Waals surface area contributed by atoms with E-state index in [0.29, 0.717) is 5.92 Å². The average molecular weight is 224 g/mol. The van der Waals surface area contributed by atoms with Crippen molar-refractivity contribution in [3.05, 3.63) is 59.7 Å². The Labute approximate surface area is 102 Å². The summed E-state index contributed by atoms with van der Waals surface area (Å²) in [5, 5.41) is 0. The van der Waals surface area contributed by atoms with E-state index in [2.05, 4.69) is 48.1 Å². The molecule has 2 rings (SSSR count). The maximum atomic E-state index is 4.19. The zero-order valence-electron chi connectivity index (χ0n) is 10.2. The summed E-state index contributed by atoms with van der Waals surface area (Å²) >= 11 is 0. The second-order valence-electron chi connectivity index (χ2n) is 4.28. The van der Waals surface area contributed by atoms with E-state index >= 15 is 0 Å². The van der Waals surface area contributed by atoms with Crippen molar-refractivity contribution in [2.45, 2.75) is 19.8 Å². The van der Waals surface area contributed by atoms with Gasteiger partial charge in [-0.3, -0.25) is 9.97 Å². The molecule has 0 atom stereocenters. The molecule has 0 fully saturated rings. The molecule has 1 heterocycles. The quantitative estimate of drug-likeness (QED) is 0.793. The first kappa shape index (κ1) is 11.5. The van der Waals surface area contributed by atoms with E-state index in [1.165, 1.54) is 11.1 Å². The Balaban J connectivity index is 2.12. The van der Waals surface area contributed by atoms with Crippen LogP contribution in [0.1, 0.15) is 36.6 Å². The van der Waals surface area contributed by atoms with Gasteiger partial charge in [0.05, 0.1) is 11.9 Å². The number of rotatable bonds is 3. The van der Waals surface area contributed by atoms with Gasteiger partial charge in [0.2, 0.25) is 0 Å². The second kappa shape index (κ2) is 5.39. The van der Waals surface area contributed by atoms with Crippen LogP contribution in [0.2, 0.25) is 0 Å². The normalized spacial score (nSPS) is 11.2. The average Bonchev–Trinajstić information content (AvgIpc) is 2.38. The summed E-state index contributed by atoms with van der Waals surface area (Å²) in [5.74, 6) is 0.577. The van der Waals surface area contributed by atoms with Crippen LogP contribution in [-0.2, 0) is 0 Å². The van der Waals surface area contributed by atoms with Crippen LogP contribution >= 0.6 is 0 Å². The van der Waals surface area contributed by atoms with Gasteiger partial charge in [0.1, 0.15) is 0 Å². The number of hydrogen-bond acceptors (Lipinski definition) is 2. The smallest absolute Gasteiger partial charge is 0.0813 e. The first-order valence-corrected chi connectivity index (χ1v) is 5.80. The second-order valence-corrected chi connectivity index (χ2v) is 4.28. The maximum Gasteiger partial charge on any atom is 0.0813 e. The summed E-state index contributed by atoms with van der Waals surface area (Å²) < 4.78 is 0. The van der Waals surface area contributed by atoms with Crippen LogP contribution < -0.4 is 0 Å². The monoisotopic (exact) mass is 224 g/mol. The predicted molar refractivity (Wildman–Crippen MR) is 71.5 cm³/mol. The SMILES string of the molecule is CC(C)c1ccc(/C=C/c2cnccn2)cc1. The number of benzene rings is 1. The van der Waals surface area contributed by atoms with E-state index in [4.69, 9.17) is 0 Å². The van der Waals surface area contributed by atoms with Crippen LogP contribution in [0.25, 0.3) is 12.2 Å². The molecule has 0 saturated carbocycles. The van der Waals surface area contributed by atoms with Gasteiger partial charge >= 0.3 is 0 Å². The number of aromatic nitrogens is 2. The zero-order chi connectivity index (χ0) is 12.1. The van der Waals surface area contributed by atoms with Gasteiger partial charge in [-0.1, -0.05) is 44.2 Å². The lowest BCUT2D eigenvalue weighted by Crippen LogP contribution is -1.86. The van der Waals surface area contributed by atoms with Crippen LogP contribution in [0.3, 0.4) is 0 Å². The minimum atomic E-state index is 0.577. The van der Waals surface area contributed by atoms with Crippen LogP contribution in [0, 0.1) is 0 Å². The highest BCUT2D eigenvalue weighted by Crippen LogP contribution is 2.15. The fourth-order valence-electron chi connectivity index (χ4n) is 1.57. The van der Waals surface area contributed by atoms with Crippen LogP contribution in [0.4, 0.5) is 0 Å². The van der Waals surface area contributed by atoms with Crippen LogP contribution in [0.15, 0.2) is 42.9 Å².